The van der Waals surface area contributed by atoms with Crippen LogP contribution in [0.25, 0.3) is 0 Å². The van der Waals surface area contributed by atoms with E-state index >= 15 is 0 Å². The van der Waals surface area contributed by atoms with E-state index in [0.717, 1.165) is 5.56 Å². The van der Waals surface area contributed by atoms with Gasteiger partial charge in [0.25, 0.3) is 0 Å². The molecule has 1 aromatic rings. The Morgan fingerprint density at radius 1 is 1.30 bits per heavy atom. The van der Waals surface area contributed by atoms with Crippen molar-refractivity contribution in [2.45, 2.75) is 47.1 Å². The number of aryl methyl sites for hydroxylation is 2. The van der Waals surface area contributed by atoms with Crippen molar-refractivity contribution in [3.05, 3.63) is 34.6 Å². The Morgan fingerprint density at radius 2 is 1.80 bits per heavy atom. The van der Waals surface area contributed by atoms with Gasteiger partial charge in [-0.3, -0.25) is 4.79 Å². The molecule has 1 aromatic carbocycles. The number of benzene rings is 1. The molecule has 0 aromatic heterocycles. The average Bonchev–Trinajstić information content (AvgIpc) is 2.44. The van der Waals surface area contributed by atoms with Gasteiger partial charge in [0, 0.05) is 6.54 Å². The molecule has 0 bridgehead atoms. The highest BCUT2D eigenvalue weighted by Gasteiger charge is 2.34. The summed E-state index contributed by atoms with van der Waals surface area (Å²) in [5.41, 5.74) is 0.997. The van der Waals surface area contributed by atoms with Crippen LogP contribution in [0.5, 0.6) is 0 Å². The maximum Gasteiger partial charge on any atom is 0.240 e. The Hall–Kier alpha value is -1.89. The van der Waals surface area contributed by atoms with Crippen LogP contribution in [0.4, 0.5) is 4.39 Å². The third-order valence-corrected chi connectivity index (χ3v) is 3.81. The number of nitrogens with zero attached hydrogens (tertiary/aromatic N) is 1. The van der Waals surface area contributed by atoms with Crippen molar-refractivity contribution < 1.29 is 9.18 Å². The zero-order valence-corrected chi connectivity index (χ0v) is 12.5. The second-order valence-corrected chi connectivity index (χ2v) is 5.13. The Balaban J connectivity index is 2.83. The largest absolute Gasteiger partial charge is 0.351 e. The smallest absolute Gasteiger partial charge is 0.240 e. The van der Waals surface area contributed by atoms with Gasteiger partial charge in [0.15, 0.2) is 0 Å². The molecule has 0 heterocycles. The first kappa shape index (κ1) is 16.2. The lowest BCUT2D eigenvalue weighted by Crippen LogP contribution is -2.39. The predicted octanol–water partition coefficient (Wildman–Crippen LogP) is 3.39. The Morgan fingerprint density at radius 3 is 2.20 bits per heavy atom. The van der Waals surface area contributed by atoms with Crippen molar-refractivity contribution in [3.63, 3.8) is 0 Å². The van der Waals surface area contributed by atoms with Crippen LogP contribution in [0.15, 0.2) is 12.1 Å². The number of hydrogen-bond acceptors (Lipinski definition) is 2. The maximum absolute atomic E-state index is 13.5. The van der Waals surface area contributed by atoms with E-state index in [1.54, 1.807) is 26.0 Å². The van der Waals surface area contributed by atoms with Crippen molar-refractivity contribution in [3.8, 4) is 6.07 Å². The van der Waals surface area contributed by atoms with E-state index in [1.165, 1.54) is 0 Å². The van der Waals surface area contributed by atoms with Gasteiger partial charge >= 0.3 is 0 Å². The van der Waals surface area contributed by atoms with Gasteiger partial charge < -0.3 is 5.32 Å². The van der Waals surface area contributed by atoms with E-state index in [4.69, 9.17) is 0 Å². The lowest BCUT2D eigenvalue weighted by molar-refractivity contribution is -0.128. The van der Waals surface area contributed by atoms with E-state index in [-0.39, 0.29) is 11.7 Å². The van der Waals surface area contributed by atoms with Crippen molar-refractivity contribution in [1.29, 1.82) is 5.26 Å². The summed E-state index contributed by atoms with van der Waals surface area (Å²) in [5, 5.41) is 12.0. The molecule has 108 valence electrons. The fourth-order valence-corrected chi connectivity index (χ4v) is 2.27. The second-order valence-electron chi connectivity index (χ2n) is 5.13. The van der Waals surface area contributed by atoms with Crippen LogP contribution >= 0.6 is 0 Å². The van der Waals surface area contributed by atoms with Gasteiger partial charge in [0.1, 0.15) is 11.2 Å². The average molecular weight is 276 g/mol. The number of halogens is 1. The van der Waals surface area contributed by atoms with Crippen LogP contribution in [0, 0.1) is 36.4 Å². The molecular formula is C16H21FN2O. The van der Waals surface area contributed by atoms with Crippen molar-refractivity contribution >= 4 is 5.91 Å². The quantitative estimate of drug-likeness (QED) is 0.896. The van der Waals surface area contributed by atoms with Crippen molar-refractivity contribution in [1.82, 2.24) is 5.32 Å². The molecule has 1 amide bonds. The Labute approximate surface area is 119 Å². The summed E-state index contributed by atoms with van der Waals surface area (Å²) in [6, 6.07) is 5.54. The van der Waals surface area contributed by atoms with Crippen LogP contribution in [0.2, 0.25) is 0 Å². The first-order valence-electron chi connectivity index (χ1n) is 6.85. The molecule has 1 N–H and O–H groups in total. The molecule has 0 saturated carbocycles. The molecule has 3 nitrogen and oxygen atoms in total. The van der Waals surface area contributed by atoms with Crippen LogP contribution in [0.3, 0.4) is 0 Å². The Bertz CT molecular complexity index is 519. The molecule has 0 fully saturated rings. The molecule has 4 heteroatoms. The summed E-state index contributed by atoms with van der Waals surface area (Å²) in [6.07, 6.45) is 0.959. The van der Waals surface area contributed by atoms with E-state index < -0.39 is 5.41 Å². The number of carbonyl (C=O) groups excluding carboxylic acids is 1. The standard InChI is InChI=1S/C16H21FN2O/c1-5-16(6-2,10-18)15(20)19-9-13-7-11(3)14(17)12(4)8-13/h7-8H,5-6,9H2,1-4H3,(H,19,20). The summed E-state index contributed by atoms with van der Waals surface area (Å²) in [4.78, 5) is 12.2. The molecule has 0 atom stereocenters. The molecular weight excluding hydrogens is 255 g/mol. The highest BCUT2D eigenvalue weighted by molar-refractivity contribution is 5.85. The third-order valence-electron chi connectivity index (χ3n) is 3.81. The topological polar surface area (TPSA) is 52.9 Å². The minimum absolute atomic E-state index is 0.214. The number of amides is 1. The fraction of sp³-hybridized carbons (Fsp3) is 0.500. The molecule has 0 saturated heterocycles. The number of hydrogen-bond donors (Lipinski definition) is 1. The molecule has 1 rings (SSSR count). The van der Waals surface area contributed by atoms with E-state index in [2.05, 4.69) is 11.4 Å². The number of nitrogens with one attached hydrogen (secondary N) is 1. The molecule has 20 heavy (non-hydrogen) atoms. The predicted molar refractivity (Wildman–Crippen MR) is 76.3 cm³/mol. The van der Waals surface area contributed by atoms with Gasteiger partial charge in [0.2, 0.25) is 5.91 Å². The van der Waals surface area contributed by atoms with Gasteiger partial charge in [-0.05, 0) is 43.4 Å². The first-order valence-corrected chi connectivity index (χ1v) is 6.85. The molecule has 0 unspecified atom stereocenters. The summed E-state index contributed by atoms with van der Waals surface area (Å²) in [7, 11) is 0. The fourth-order valence-electron chi connectivity index (χ4n) is 2.27. The highest BCUT2D eigenvalue weighted by Crippen LogP contribution is 2.25. The van der Waals surface area contributed by atoms with E-state index in [1.807, 2.05) is 13.8 Å². The van der Waals surface area contributed by atoms with Crippen LogP contribution in [-0.2, 0) is 11.3 Å². The molecule has 0 aliphatic heterocycles. The zero-order chi connectivity index (χ0) is 15.3. The van der Waals surface area contributed by atoms with Gasteiger partial charge in [-0.2, -0.15) is 5.26 Å². The second kappa shape index (κ2) is 6.51. The maximum atomic E-state index is 13.5. The number of nitriles is 1. The zero-order valence-electron chi connectivity index (χ0n) is 12.5. The molecule has 0 radical (unpaired) electrons. The van der Waals surface area contributed by atoms with E-state index in [9.17, 15) is 14.4 Å². The summed E-state index contributed by atoms with van der Waals surface area (Å²) in [5.74, 6) is -0.474. The van der Waals surface area contributed by atoms with Crippen LogP contribution < -0.4 is 5.32 Å². The first-order chi connectivity index (χ1) is 9.40. The number of carbonyl (C=O) groups is 1. The minimum Gasteiger partial charge on any atom is -0.351 e. The summed E-state index contributed by atoms with van der Waals surface area (Å²) in [6.45, 7) is 7.37. The lowest BCUT2D eigenvalue weighted by atomic mass is 9.83. The molecule has 0 aliphatic carbocycles. The highest BCUT2D eigenvalue weighted by atomic mass is 19.1. The van der Waals surface area contributed by atoms with Crippen molar-refractivity contribution in [2.75, 3.05) is 0 Å². The minimum atomic E-state index is -0.968. The monoisotopic (exact) mass is 276 g/mol. The lowest BCUT2D eigenvalue weighted by Gasteiger charge is -2.22. The van der Waals surface area contributed by atoms with Crippen LogP contribution in [0.1, 0.15) is 43.4 Å². The number of rotatable bonds is 5. The normalized spacial score (nSPS) is 11.0. The SMILES string of the molecule is CCC(C#N)(CC)C(=O)NCc1cc(C)c(F)c(C)c1. The molecule has 0 aliphatic rings. The summed E-state index contributed by atoms with van der Waals surface area (Å²) >= 11 is 0. The third kappa shape index (κ3) is 3.16. The van der Waals surface area contributed by atoms with Gasteiger partial charge in [-0.15, -0.1) is 0 Å². The molecule has 0 spiro atoms. The van der Waals surface area contributed by atoms with Gasteiger partial charge in [0.05, 0.1) is 6.07 Å². The Kier molecular flexibility index (Phi) is 5.26. The van der Waals surface area contributed by atoms with Crippen LogP contribution in [-0.4, -0.2) is 5.91 Å². The van der Waals surface area contributed by atoms with Gasteiger partial charge in [-0.25, -0.2) is 4.39 Å². The van der Waals surface area contributed by atoms with Crippen molar-refractivity contribution in [2.24, 2.45) is 5.41 Å². The van der Waals surface area contributed by atoms with E-state index in [0.29, 0.717) is 30.5 Å². The summed E-state index contributed by atoms with van der Waals surface area (Å²) < 4.78 is 13.5. The van der Waals surface area contributed by atoms with Gasteiger partial charge in [-0.1, -0.05) is 26.0 Å².